The van der Waals surface area contributed by atoms with Gasteiger partial charge in [0.25, 0.3) is 0 Å². The van der Waals surface area contributed by atoms with Crippen molar-refractivity contribution in [2.24, 2.45) is 0 Å². The lowest BCUT2D eigenvalue weighted by atomic mass is 10.2. The van der Waals surface area contributed by atoms with E-state index in [1.165, 1.54) is 12.1 Å². The van der Waals surface area contributed by atoms with E-state index in [-0.39, 0.29) is 5.82 Å². The average Bonchev–Trinajstić information content (AvgIpc) is 2.41. The monoisotopic (exact) mass is 324 g/mol. The summed E-state index contributed by atoms with van der Waals surface area (Å²) in [6.07, 6.45) is 0. The number of halogens is 2. The first kappa shape index (κ1) is 13.9. The molecule has 0 aromatic heterocycles. The van der Waals surface area contributed by atoms with Crippen LogP contribution >= 0.6 is 15.9 Å². The molecule has 0 amide bonds. The highest BCUT2D eigenvalue weighted by molar-refractivity contribution is 9.10. The second-order valence-electron chi connectivity index (χ2n) is 4.16. The van der Waals surface area contributed by atoms with Crippen LogP contribution in [0.1, 0.15) is 11.1 Å². The van der Waals surface area contributed by atoms with Crippen LogP contribution in [-0.2, 0) is 6.61 Å². The Balaban J connectivity index is 2.16. The number of aryl methyl sites for hydroxylation is 1. The van der Waals surface area contributed by atoms with Gasteiger partial charge in [0.15, 0.2) is 0 Å². The van der Waals surface area contributed by atoms with E-state index in [0.717, 1.165) is 21.3 Å². The van der Waals surface area contributed by atoms with E-state index in [1.807, 2.05) is 25.1 Å². The largest absolute Gasteiger partial charge is 0.497 e. The zero-order chi connectivity index (χ0) is 13.8. The molecular weight excluding hydrogens is 311 g/mol. The third-order valence-corrected chi connectivity index (χ3v) is 3.56. The molecule has 0 radical (unpaired) electrons. The lowest BCUT2D eigenvalue weighted by Crippen LogP contribution is -1.99. The Labute approximate surface area is 120 Å². The van der Waals surface area contributed by atoms with Crippen molar-refractivity contribution in [3.8, 4) is 11.5 Å². The highest BCUT2D eigenvalue weighted by atomic mass is 79.9. The van der Waals surface area contributed by atoms with Gasteiger partial charge in [-0.25, -0.2) is 4.39 Å². The van der Waals surface area contributed by atoms with Gasteiger partial charge in [0, 0.05) is 16.1 Å². The molecule has 2 nitrogen and oxygen atoms in total. The van der Waals surface area contributed by atoms with Crippen molar-refractivity contribution in [1.82, 2.24) is 0 Å². The fraction of sp³-hybridized carbons (Fsp3) is 0.200. The van der Waals surface area contributed by atoms with Crippen molar-refractivity contribution in [2.75, 3.05) is 7.11 Å². The summed E-state index contributed by atoms with van der Waals surface area (Å²) in [5, 5.41) is 0. The summed E-state index contributed by atoms with van der Waals surface area (Å²) >= 11 is 3.46. The van der Waals surface area contributed by atoms with Crippen LogP contribution in [0, 0.1) is 12.7 Å². The van der Waals surface area contributed by atoms with Gasteiger partial charge in [0.2, 0.25) is 0 Å². The van der Waals surface area contributed by atoms with Crippen molar-refractivity contribution in [1.29, 1.82) is 0 Å². The van der Waals surface area contributed by atoms with Crippen molar-refractivity contribution in [3.63, 3.8) is 0 Å². The normalized spacial score (nSPS) is 10.3. The Morgan fingerprint density at radius 2 is 1.95 bits per heavy atom. The van der Waals surface area contributed by atoms with Gasteiger partial charge in [-0.05, 0) is 36.8 Å². The minimum Gasteiger partial charge on any atom is -0.497 e. The molecule has 2 aromatic rings. The summed E-state index contributed by atoms with van der Waals surface area (Å²) in [4.78, 5) is 0. The molecule has 0 fully saturated rings. The fourth-order valence-corrected chi connectivity index (χ4v) is 2.03. The molecule has 19 heavy (non-hydrogen) atoms. The number of hydrogen-bond acceptors (Lipinski definition) is 2. The third-order valence-electron chi connectivity index (χ3n) is 2.79. The maximum absolute atomic E-state index is 13.2. The molecule has 2 rings (SSSR count). The second-order valence-corrected chi connectivity index (χ2v) is 5.01. The molecule has 0 spiro atoms. The molecule has 0 N–H and O–H groups in total. The smallest absolute Gasteiger partial charge is 0.126 e. The molecule has 0 saturated heterocycles. The number of hydrogen-bond donors (Lipinski definition) is 0. The van der Waals surface area contributed by atoms with E-state index in [9.17, 15) is 4.39 Å². The van der Waals surface area contributed by atoms with Crippen molar-refractivity contribution < 1.29 is 13.9 Å². The Morgan fingerprint density at radius 3 is 2.68 bits per heavy atom. The number of rotatable bonds is 4. The van der Waals surface area contributed by atoms with Gasteiger partial charge >= 0.3 is 0 Å². The van der Waals surface area contributed by atoms with Crippen LogP contribution in [0.5, 0.6) is 11.5 Å². The molecule has 0 bridgehead atoms. The summed E-state index contributed by atoms with van der Waals surface area (Å²) in [7, 11) is 1.62. The average molecular weight is 325 g/mol. The summed E-state index contributed by atoms with van der Waals surface area (Å²) in [6.45, 7) is 2.23. The number of benzene rings is 2. The molecule has 0 aliphatic heterocycles. The Morgan fingerprint density at radius 1 is 1.16 bits per heavy atom. The van der Waals surface area contributed by atoms with Crippen LogP contribution in [0.3, 0.4) is 0 Å². The molecule has 4 heteroatoms. The van der Waals surface area contributed by atoms with E-state index in [1.54, 1.807) is 13.2 Å². The molecule has 0 aliphatic carbocycles. The van der Waals surface area contributed by atoms with Crippen molar-refractivity contribution >= 4 is 15.9 Å². The van der Waals surface area contributed by atoms with Crippen molar-refractivity contribution in [3.05, 3.63) is 57.8 Å². The SMILES string of the molecule is COc1ccc(Br)c(COc2cc(F)ccc2C)c1. The molecule has 0 saturated carbocycles. The summed E-state index contributed by atoms with van der Waals surface area (Å²) in [5.41, 5.74) is 1.85. The van der Waals surface area contributed by atoms with E-state index in [0.29, 0.717) is 12.4 Å². The zero-order valence-corrected chi connectivity index (χ0v) is 12.3. The summed E-state index contributed by atoms with van der Waals surface area (Å²) in [5.74, 6) is 1.01. The predicted molar refractivity (Wildman–Crippen MR) is 76.2 cm³/mol. The van der Waals surface area contributed by atoms with E-state index < -0.39 is 0 Å². The molecule has 0 atom stereocenters. The maximum atomic E-state index is 13.2. The second kappa shape index (κ2) is 6.06. The zero-order valence-electron chi connectivity index (χ0n) is 10.7. The topological polar surface area (TPSA) is 18.5 Å². The molecule has 0 heterocycles. The Bertz CT molecular complexity index is 584. The molecule has 2 aromatic carbocycles. The molecule has 0 aliphatic rings. The van der Waals surface area contributed by atoms with Crippen molar-refractivity contribution in [2.45, 2.75) is 13.5 Å². The molecule has 0 unspecified atom stereocenters. The van der Waals surface area contributed by atoms with Gasteiger partial charge in [0.05, 0.1) is 7.11 Å². The van der Waals surface area contributed by atoms with Crippen LogP contribution < -0.4 is 9.47 Å². The summed E-state index contributed by atoms with van der Waals surface area (Å²) in [6, 6.07) is 10.2. The van der Waals surface area contributed by atoms with Gasteiger partial charge in [0.1, 0.15) is 23.9 Å². The van der Waals surface area contributed by atoms with Gasteiger partial charge < -0.3 is 9.47 Å². The first-order valence-electron chi connectivity index (χ1n) is 5.81. The third kappa shape index (κ3) is 3.47. The van der Waals surface area contributed by atoms with Crippen LogP contribution in [0.25, 0.3) is 0 Å². The van der Waals surface area contributed by atoms with Crippen LogP contribution in [-0.4, -0.2) is 7.11 Å². The minimum absolute atomic E-state index is 0.301. The maximum Gasteiger partial charge on any atom is 0.126 e. The van der Waals surface area contributed by atoms with Gasteiger partial charge in [-0.15, -0.1) is 0 Å². The Hall–Kier alpha value is -1.55. The first-order chi connectivity index (χ1) is 9.10. The van der Waals surface area contributed by atoms with Gasteiger partial charge in [-0.3, -0.25) is 0 Å². The standard InChI is InChI=1S/C15H14BrFO2/c1-10-3-4-12(17)8-15(10)19-9-11-7-13(18-2)5-6-14(11)16/h3-8H,9H2,1-2H3. The van der Waals surface area contributed by atoms with Gasteiger partial charge in [-0.1, -0.05) is 22.0 Å². The lowest BCUT2D eigenvalue weighted by molar-refractivity contribution is 0.300. The highest BCUT2D eigenvalue weighted by Crippen LogP contribution is 2.25. The van der Waals surface area contributed by atoms with Crippen LogP contribution in [0.2, 0.25) is 0 Å². The Kier molecular flexibility index (Phi) is 4.43. The highest BCUT2D eigenvalue weighted by Gasteiger charge is 2.06. The molecule has 100 valence electrons. The first-order valence-corrected chi connectivity index (χ1v) is 6.61. The number of ether oxygens (including phenoxy) is 2. The van der Waals surface area contributed by atoms with Crippen LogP contribution in [0.4, 0.5) is 4.39 Å². The van der Waals surface area contributed by atoms with Gasteiger partial charge in [-0.2, -0.15) is 0 Å². The fourth-order valence-electron chi connectivity index (χ4n) is 1.67. The minimum atomic E-state index is -0.301. The van der Waals surface area contributed by atoms with Crippen LogP contribution in [0.15, 0.2) is 40.9 Å². The lowest BCUT2D eigenvalue weighted by Gasteiger charge is -2.11. The summed E-state index contributed by atoms with van der Waals surface area (Å²) < 4.78 is 24.9. The predicted octanol–water partition coefficient (Wildman–Crippen LogP) is 4.48. The number of methoxy groups -OCH3 is 1. The van der Waals surface area contributed by atoms with E-state index in [2.05, 4.69) is 15.9 Å². The van der Waals surface area contributed by atoms with E-state index >= 15 is 0 Å². The molecular formula is C15H14BrFO2. The quantitative estimate of drug-likeness (QED) is 0.825. The van der Waals surface area contributed by atoms with E-state index in [4.69, 9.17) is 9.47 Å².